The van der Waals surface area contributed by atoms with E-state index >= 15 is 4.39 Å². The molecular weight excluding hydrogens is 511 g/mol. The molecule has 1 N–H and O–H groups in total. The Morgan fingerprint density at radius 2 is 1.87 bits per heavy atom. The van der Waals surface area contributed by atoms with E-state index in [0.29, 0.717) is 31.3 Å². The second-order valence-electron chi connectivity index (χ2n) is 11.9. The zero-order chi connectivity index (χ0) is 28.8. The number of halogens is 1. The van der Waals surface area contributed by atoms with Crippen LogP contribution in [-0.4, -0.2) is 66.7 Å². The molecule has 0 aromatic rings. The van der Waals surface area contributed by atoms with E-state index in [9.17, 15) is 24.3 Å². The van der Waals surface area contributed by atoms with Crippen LogP contribution in [0.4, 0.5) is 14.0 Å². The number of methoxy groups -OCH3 is 1. The summed E-state index contributed by atoms with van der Waals surface area (Å²) in [7, 11) is 1.11. The van der Waals surface area contributed by atoms with E-state index in [0.717, 1.165) is 13.5 Å². The van der Waals surface area contributed by atoms with Gasteiger partial charge in [-0.2, -0.15) is 0 Å². The first-order valence-corrected chi connectivity index (χ1v) is 13.7. The number of Topliss-reactive ketones (excluding diaryl/α,β-unsaturated/α-hetero) is 1. The van der Waals surface area contributed by atoms with Crippen LogP contribution < -0.4 is 0 Å². The van der Waals surface area contributed by atoms with Crippen LogP contribution in [0.3, 0.4) is 0 Å². The number of rotatable bonds is 7. The number of aliphatic hydroxyl groups is 1. The summed E-state index contributed by atoms with van der Waals surface area (Å²) in [6.45, 7) is 6.52. The Morgan fingerprint density at radius 1 is 1.15 bits per heavy atom. The second-order valence-corrected chi connectivity index (χ2v) is 11.9. The Hall–Kier alpha value is -2.75. The molecule has 0 amide bonds. The second kappa shape index (κ2) is 10.3. The minimum absolute atomic E-state index is 0.101. The van der Waals surface area contributed by atoms with Crippen LogP contribution in [0.5, 0.6) is 0 Å². The van der Waals surface area contributed by atoms with Gasteiger partial charge in [-0.05, 0) is 57.1 Å². The minimum Gasteiger partial charge on any atom is -0.438 e. The third-order valence-corrected chi connectivity index (χ3v) is 10.0. The summed E-state index contributed by atoms with van der Waals surface area (Å²) in [5, 5.41) is 11.6. The van der Waals surface area contributed by atoms with Crippen molar-refractivity contribution in [1.29, 1.82) is 0 Å². The van der Waals surface area contributed by atoms with Gasteiger partial charge in [-0.25, -0.2) is 14.0 Å². The van der Waals surface area contributed by atoms with Crippen molar-refractivity contribution >= 4 is 23.9 Å². The Bertz CT molecular complexity index is 1100. The lowest BCUT2D eigenvalue weighted by Gasteiger charge is -2.62. The summed E-state index contributed by atoms with van der Waals surface area (Å²) in [6.07, 6.45) is 3.08. The summed E-state index contributed by atoms with van der Waals surface area (Å²) >= 11 is 0. The summed E-state index contributed by atoms with van der Waals surface area (Å²) in [4.78, 5) is 50.6. The summed E-state index contributed by atoms with van der Waals surface area (Å²) in [5.41, 5.74) is -5.70. The quantitative estimate of drug-likeness (QED) is 0.356. The molecule has 0 bridgehead atoms. The molecular formula is C29H39FO9. The fraction of sp³-hybridized carbons (Fsp3) is 0.724. The number of ether oxygens (including phenoxy) is 4. The zero-order valence-electron chi connectivity index (χ0n) is 23.3. The highest BCUT2D eigenvalue weighted by molar-refractivity contribution is 6.01. The van der Waals surface area contributed by atoms with E-state index < -0.39 is 70.7 Å². The fourth-order valence-corrected chi connectivity index (χ4v) is 8.15. The smallest absolute Gasteiger partial charge is 0.438 e. The molecule has 0 radical (unpaired) electrons. The van der Waals surface area contributed by atoms with Crippen molar-refractivity contribution in [3.05, 3.63) is 23.8 Å². The van der Waals surface area contributed by atoms with Crippen LogP contribution in [0, 0.1) is 28.6 Å². The minimum atomic E-state index is -2.11. The van der Waals surface area contributed by atoms with Crippen molar-refractivity contribution in [1.82, 2.24) is 0 Å². The van der Waals surface area contributed by atoms with Crippen LogP contribution in [-0.2, 0) is 28.5 Å². The number of alkyl halides is 1. The molecule has 0 unspecified atom stereocenters. The van der Waals surface area contributed by atoms with Crippen molar-refractivity contribution < 1.29 is 47.6 Å². The zero-order valence-corrected chi connectivity index (χ0v) is 23.3. The van der Waals surface area contributed by atoms with Crippen molar-refractivity contribution in [2.75, 3.05) is 20.3 Å². The van der Waals surface area contributed by atoms with Crippen LogP contribution in [0.1, 0.15) is 66.2 Å². The molecule has 4 rings (SSSR count). The van der Waals surface area contributed by atoms with Gasteiger partial charge in [0.25, 0.3) is 0 Å². The first kappa shape index (κ1) is 29.2. The van der Waals surface area contributed by atoms with Crippen LogP contribution in [0.25, 0.3) is 0 Å². The first-order valence-electron chi connectivity index (χ1n) is 13.7. The number of hydrogen-bond donors (Lipinski definition) is 1. The molecule has 0 heterocycles. The van der Waals surface area contributed by atoms with E-state index in [4.69, 9.17) is 14.2 Å². The van der Waals surface area contributed by atoms with E-state index in [1.54, 1.807) is 26.8 Å². The Morgan fingerprint density at radius 3 is 2.54 bits per heavy atom. The molecule has 216 valence electrons. The van der Waals surface area contributed by atoms with Crippen LogP contribution in [0.2, 0.25) is 0 Å². The molecule has 0 saturated heterocycles. The van der Waals surface area contributed by atoms with Gasteiger partial charge >= 0.3 is 12.3 Å². The molecule has 0 aromatic heterocycles. The van der Waals surface area contributed by atoms with Crippen molar-refractivity contribution in [3.8, 4) is 0 Å². The molecule has 4 aliphatic rings. The third kappa shape index (κ3) is 4.21. The lowest BCUT2D eigenvalue weighted by atomic mass is 9.44. The lowest BCUT2D eigenvalue weighted by Crippen LogP contribution is -2.70. The molecule has 9 nitrogen and oxygen atoms in total. The van der Waals surface area contributed by atoms with Crippen molar-refractivity contribution in [2.45, 2.75) is 83.6 Å². The standard InChI is InChI=1S/C29H39FO9/c1-6-7-12-37-25(35)39-29(23(33)16-38-24(34)36-5)17(2)13-21-20-9-8-18-14-19(31)10-11-26(18,3)28(20,30)22(32)15-27(21,29)4/h10-11,14,17,20-22,32H,6-9,12-13,15-16H2,1-5H3/t17-,20+,21+,22+,26+,27+,28+,29+/m1/s1. The number of carbonyl (C=O) groups excluding carboxylic acids is 4. The molecule has 0 aromatic carbocycles. The third-order valence-electron chi connectivity index (χ3n) is 10.0. The SMILES string of the molecule is CCCCOC(=O)O[C@]1(C(=O)COC(=O)OC)[C@H](C)C[C@H]2[C@@H]3CCC4=CC(=O)C=C[C@]4(C)[C@@]3(F)[C@@H](O)C[C@@]21C. The van der Waals surface area contributed by atoms with E-state index in [1.165, 1.54) is 12.2 Å². The maximum atomic E-state index is 17.5. The average Bonchev–Trinajstić information content (AvgIpc) is 3.10. The first-order chi connectivity index (χ1) is 18.3. The number of carbonyl (C=O) groups is 4. The van der Waals surface area contributed by atoms with Gasteiger partial charge < -0.3 is 24.1 Å². The number of unbranched alkanes of at least 4 members (excludes halogenated alkanes) is 1. The van der Waals surface area contributed by atoms with E-state index in [2.05, 4.69) is 4.74 Å². The monoisotopic (exact) mass is 550 g/mol. The van der Waals surface area contributed by atoms with Gasteiger partial charge in [-0.3, -0.25) is 9.59 Å². The lowest BCUT2D eigenvalue weighted by molar-refractivity contribution is -0.222. The van der Waals surface area contributed by atoms with Crippen molar-refractivity contribution in [3.63, 3.8) is 0 Å². The number of ketones is 2. The highest BCUT2D eigenvalue weighted by atomic mass is 19.1. The summed E-state index contributed by atoms with van der Waals surface area (Å²) in [5.74, 6) is -2.63. The molecule has 10 heteroatoms. The number of allylic oxidation sites excluding steroid dienone is 4. The molecule has 39 heavy (non-hydrogen) atoms. The van der Waals surface area contributed by atoms with Gasteiger partial charge in [0.2, 0.25) is 5.78 Å². The van der Waals surface area contributed by atoms with Gasteiger partial charge in [-0.15, -0.1) is 0 Å². The predicted octanol–water partition coefficient (Wildman–Crippen LogP) is 4.65. The maximum Gasteiger partial charge on any atom is 0.509 e. The highest BCUT2D eigenvalue weighted by Gasteiger charge is 2.77. The summed E-state index contributed by atoms with van der Waals surface area (Å²) < 4.78 is 38.1. The average molecular weight is 551 g/mol. The number of aliphatic hydroxyl groups excluding tert-OH is 1. The van der Waals surface area contributed by atoms with Gasteiger partial charge in [0, 0.05) is 22.7 Å². The molecule has 3 saturated carbocycles. The van der Waals surface area contributed by atoms with Gasteiger partial charge in [0.1, 0.15) is 0 Å². The fourth-order valence-electron chi connectivity index (χ4n) is 8.15. The van der Waals surface area contributed by atoms with Gasteiger partial charge in [0.15, 0.2) is 23.7 Å². The molecule has 0 aliphatic heterocycles. The highest BCUT2D eigenvalue weighted by Crippen LogP contribution is 2.71. The van der Waals surface area contributed by atoms with Crippen LogP contribution in [0.15, 0.2) is 23.8 Å². The maximum absolute atomic E-state index is 17.5. The molecule has 3 fully saturated rings. The number of hydrogen-bond acceptors (Lipinski definition) is 9. The normalized spacial score (nSPS) is 40.5. The predicted molar refractivity (Wildman–Crippen MR) is 136 cm³/mol. The Labute approximate surface area is 228 Å². The largest absolute Gasteiger partial charge is 0.509 e. The van der Waals surface area contributed by atoms with Crippen LogP contribution >= 0.6 is 0 Å². The van der Waals surface area contributed by atoms with Crippen molar-refractivity contribution in [2.24, 2.45) is 28.6 Å². The molecule has 4 aliphatic carbocycles. The Kier molecular flexibility index (Phi) is 7.75. The van der Waals surface area contributed by atoms with E-state index in [1.807, 2.05) is 6.92 Å². The molecule has 0 spiro atoms. The Balaban J connectivity index is 1.76. The number of fused-ring (bicyclic) bond motifs is 5. The topological polar surface area (TPSA) is 125 Å². The molecule has 8 atom stereocenters. The van der Waals surface area contributed by atoms with E-state index in [-0.39, 0.29) is 18.8 Å². The van der Waals surface area contributed by atoms with Gasteiger partial charge in [-0.1, -0.05) is 38.8 Å². The summed E-state index contributed by atoms with van der Waals surface area (Å²) in [6, 6.07) is 0. The van der Waals surface area contributed by atoms with Gasteiger partial charge in [0.05, 0.1) is 19.8 Å².